The smallest absolute Gasteiger partial charge is 0.268 e. The van der Waals surface area contributed by atoms with Gasteiger partial charge in [0, 0.05) is 19.2 Å². The Morgan fingerprint density at radius 2 is 1.89 bits per heavy atom. The van der Waals surface area contributed by atoms with Gasteiger partial charge in [0.15, 0.2) is 0 Å². The van der Waals surface area contributed by atoms with Gasteiger partial charge in [0.1, 0.15) is 6.04 Å². The number of amides is 2. The molecule has 0 radical (unpaired) electrons. The van der Waals surface area contributed by atoms with Crippen LogP contribution in [-0.4, -0.2) is 47.7 Å². The van der Waals surface area contributed by atoms with E-state index < -0.39 is 18.1 Å². The molecular formula is C22H26N2O4. The third-order valence-electron chi connectivity index (χ3n) is 5.25. The topological polar surface area (TPSA) is 78.9 Å². The largest absolute Gasteiger partial charge is 0.379 e. The van der Waals surface area contributed by atoms with Gasteiger partial charge < -0.3 is 9.64 Å². The van der Waals surface area contributed by atoms with Crippen molar-refractivity contribution < 1.29 is 19.5 Å². The number of aryl methyl sites for hydroxylation is 1. The van der Waals surface area contributed by atoms with Crippen LogP contribution >= 0.6 is 0 Å². The minimum absolute atomic E-state index is 0.249. The molecule has 2 N–H and O–H groups in total. The number of methoxy groups -OCH3 is 1. The molecule has 1 aliphatic heterocycles. The van der Waals surface area contributed by atoms with E-state index in [1.54, 1.807) is 11.5 Å². The van der Waals surface area contributed by atoms with Crippen molar-refractivity contribution in [2.45, 2.75) is 38.3 Å². The van der Waals surface area contributed by atoms with Crippen LogP contribution in [0.25, 0.3) is 11.1 Å². The van der Waals surface area contributed by atoms with E-state index >= 15 is 0 Å². The first-order valence-corrected chi connectivity index (χ1v) is 9.56. The van der Waals surface area contributed by atoms with Gasteiger partial charge in [0.25, 0.3) is 11.8 Å². The van der Waals surface area contributed by atoms with Crippen molar-refractivity contribution >= 4 is 11.8 Å². The summed E-state index contributed by atoms with van der Waals surface area (Å²) in [5.74, 6) is -0.888. The lowest BCUT2D eigenvalue weighted by Crippen LogP contribution is -2.50. The molecule has 2 unspecified atom stereocenters. The molecular weight excluding hydrogens is 356 g/mol. The molecule has 6 nitrogen and oxygen atoms in total. The zero-order valence-corrected chi connectivity index (χ0v) is 16.2. The molecule has 1 aliphatic rings. The Balaban J connectivity index is 1.93. The molecule has 1 heterocycles. The molecule has 2 atom stereocenters. The monoisotopic (exact) mass is 382 g/mol. The Morgan fingerprint density at radius 1 is 1.18 bits per heavy atom. The normalized spacial score (nSPS) is 18.9. The fraction of sp³-hybridized carbons (Fsp3) is 0.364. The molecule has 0 aromatic heterocycles. The van der Waals surface area contributed by atoms with Crippen LogP contribution in [-0.2, 0) is 16.0 Å². The van der Waals surface area contributed by atoms with E-state index in [0.717, 1.165) is 24.0 Å². The molecule has 2 aromatic rings. The van der Waals surface area contributed by atoms with Crippen molar-refractivity contribution in [2.24, 2.45) is 0 Å². The maximum Gasteiger partial charge on any atom is 0.268 e. The summed E-state index contributed by atoms with van der Waals surface area (Å²) in [6.07, 6.45) is 2.19. The van der Waals surface area contributed by atoms with Crippen molar-refractivity contribution in [1.29, 1.82) is 0 Å². The van der Waals surface area contributed by atoms with Gasteiger partial charge in [-0.05, 0) is 35.6 Å². The molecule has 1 saturated heterocycles. The summed E-state index contributed by atoms with van der Waals surface area (Å²) in [5, 5.41) is 9.09. The second-order valence-corrected chi connectivity index (χ2v) is 6.97. The number of hydrogen-bond donors (Lipinski definition) is 2. The van der Waals surface area contributed by atoms with Crippen LogP contribution in [0.2, 0.25) is 0 Å². The molecule has 0 spiro atoms. The summed E-state index contributed by atoms with van der Waals surface area (Å²) < 4.78 is 5.35. The van der Waals surface area contributed by atoms with E-state index in [-0.39, 0.29) is 5.91 Å². The van der Waals surface area contributed by atoms with Gasteiger partial charge in [-0.25, -0.2) is 5.48 Å². The summed E-state index contributed by atoms with van der Waals surface area (Å²) in [6.45, 7) is 2.53. The second-order valence-electron chi connectivity index (χ2n) is 6.97. The number of nitrogens with zero attached hydrogens (tertiary/aromatic N) is 1. The van der Waals surface area contributed by atoms with Gasteiger partial charge in [-0.1, -0.05) is 55.8 Å². The minimum atomic E-state index is -0.859. The molecule has 148 valence electrons. The average Bonchev–Trinajstić information content (AvgIpc) is 3.17. The summed E-state index contributed by atoms with van der Waals surface area (Å²) in [4.78, 5) is 26.9. The first-order chi connectivity index (χ1) is 13.6. The zero-order valence-electron chi connectivity index (χ0n) is 16.2. The quantitative estimate of drug-likeness (QED) is 0.595. The Bertz CT molecular complexity index is 835. The number of ether oxygens (including phenoxy) is 1. The van der Waals surface area contributed by atoms with Gasteiger partial charge in [-0.2, -0.15) is 0 Å². The van der Waals surface area contributed by atoms with Crippen LogP contribution in [0.1, 0.15) is 35.7 Å². The predicted molar refractivity (Wildman–Crippen MR) is 106 cm³/mol. The van der Waals surface area contributed by atoms with Crippen LogP contribution in [0.5, 0.6) is 0 Å². The number of carbonyl (C=O) groups excluding carboxylic acids is 2. The van der Waals surface area contributed by atoms with Crippen LogP contribution < -0.4 is 5.48 Å². The molecule has 0 saturated carbocycles. The molecule has 1 fully saturated rings. The molecule has 6 heteroatoms. The van der Waals surface area contributed by atoms with Crippen LogP contribution in [0, 0.1) is 0 Å². The summed E-state index contributed by atoms with van der Waals surface area (Å²) in [6, 6.07) is 14.7. The lowest BCUT2D eigenvalue weighted by Gasteiger charge is -2.26. The maximum atomic E-state index is 13.3. The SMILES string of the molecule is CCCc1ccc(-c2ccccc2C(=O)N2CCC(OC)C2C(=O)NO)cc1. The van der Waals surface area contributed by atoms with Gasteiger partial charge in [-0.3, -0.25) is 14.8 Å². The molecule has 0 aliphatic carbocycles. The number of rotatable bonds is 6. The summed E-state index contributed by atoms with van der Waals surface area (Å²) >= 11 is 0. The van der Waals surface area contributed by atoms with Crippen molar-refractivity contribution in [3.05, 3.63) is 59.7 Å². The van der Waals surface area contributed by atoms with Gasteiger partial charge in [0.2, 0.25) is 0 Å². The van der Waals surface area contributed by atoms with E-state index in [9.17, 15) is 9.59 Å². The molecule has 2 amide bonds. The number of likely N-dealkylation sites (tertiary alicyclic amines) is 1. The molecule has 2 aromatic carbocycles. The highest BCUT2D eigenvalue weighted by molar-refractivity contribution is 6.03. The fourth-order valence-electron chi connectivity index (χ4n) is 3.83. The van der Waals surface area contributed by atoms with Crippen LogP contribution in [0.3, 0.4) is 0 Å². The summed E-state index contributed by atoms with van der Waals surface area (Å²) in [7, 11) is 1.50. The minimum Gasteiger partial charge on any atom is -0.379 e. The summed E-state index contributed by atoms with van der Waals surface area (Å²) in [5.41, 5.74) is 5.22. The predicted octanol–water partition coefficient (Wildman–Crippen LogP) is 3.04. The standard InChI is InChI=1S/C22H26N2O4/c1-3-6-15-9-11-16(12-10-15)17-7-4-5-8-18(17)22(26)24-14-13-19(28-2)20(24)21(25)23-27/h4-5,7-12,19-20,27H,3,6,13-14H2,1-2H3,(H,23,25). The van der Waals surface area contributed by atoms with E-state index in [1.807, 2.05) is 30.3 Å². The first-order valence-electron chi connectivity index (χ1n) is 9.56. The number of carbonyl (C=O) groups is 2. The van der Waals surface area contributed by atoms with Crippen molar-refractivity contribution in [3.63, 3.8) is 0 Å². The average molecular weight is 382 g/mol. The zero-order chi connectivity index (χ0) is 20.1. The molecule has 3 rings (SSSR count). The number of benzene rings is 2. The lowest BCUT2D eigenvalue weighted by atomic mass is 9.97. The van der Waals surface area contributed by atoms with Crippen molar-refractivity contribution in [2.75, 3.05) is 13.7 Å². The number of hydrogen-bond acceptors (Lipinski definition) is 4. The Hall–Kier alpha value is -2.70. The highest BCUT2D eigenvalue weighted by atomic mass is 16.5. The van der Waals surface area contributed by atoms with Crippen molar-refractivity contribution in [3.8, 4) is 11.1 Å². The highest BCUT2D eigenvalue weighted by Crippen LogP contribution is 2.29. The third kappa shape index (κ3) is 3.93. The Kier molecular flexibility index (Phi) is 6.44. The molecule has 0 bridgehead atoms. The van der Waals surface area contributed by atoms with E-state index in [1.165, 1.54) is 17.6 Å². The van der Waals surface area contributed by atoms with Crippen LogP contribution in [0.15, 0.2) is 48.5 Å². The highest BCUT2D eigenvalue weighted by Gasteiger charge is 2.42. The fourth-order valence-corrected chi connectivity index (χ4v) is 3.83. The first kappa shape index (κ1) is 20.0. The number of hydroxylamine groups is 1. The van der Waals surface area contributed by atoms with Crippen LogP contribution in [0.4, 0.5) is 0 Å². The van der Waals surface area contributed by atoms with Gasteiger partial charge in [-0.15, -0.1) is 0 Å². The van der Waals surface area contributed by atoms with Crippen molar-refractivity contribution in [1.82, 2.24) is 10.4 Å². The maximum absolute atomic E-state index is 13.3. The second kappa shape index (κ2) is 8.99. The third-order valence-corrected chi connectivity index (χ3v) is 5.25. The molecule has 28 heavy (non-hydrogen) atoms. The Labute approximate surface area is 165 Å². The van der Waals surface area contributed by atoms with E-state index in [4.69, 9.17) is 9.94 Å². The van der Waals surface area contributed by atoms with E-state index in [0.29, 0.717) is 18.5 Å². The lowest BCUT2D eigenvalue weighted by molar-refractivity contribution is -0.136. The number of nitrogens with one attached hydrogen (secondary N) is 1. The van der Waals surface area contributed by atoms with Gasteiger partial charge in [0.05, 0.1) is 6.10 Å². The Morgan fingerprint density at radius 3 is 2.54 bits per heavy atom. The van der Waals surface area contributed by atoms with E-state index in [2.05, 4.69) is 19.1 Å². The van der Waals surface area contributed by atoms with Gasteiger partial charge >= 0.3 is 0 Å².